The normalized spacial score (nSPS) is 16.6. The van der Waals surface area contributed by atoms with Gasteiger partial charge in [-0.15, -0.1) is 0 Å². The molecule has 0 aliphatic heterocycles. The Balaban J connectivity index is 2.04. The number of primary amides is 1. The van der Waals surface area contributed by atoms with Gasteiger partial charge in [0.25, 0.3) is 0 Å². The molecule has 92 valence electrons. The van der Waals surface area contributed by atoms with Crippen molar-refractivity contribution in [3.63, 3.8) is 0 Å². The van der Waals surface area contributed by atoms with Crippen LogP contribution in [0.15, 0.2) is 18.2 Å². The van der Waals surface area contributed by atoms with E-state index in [0.717, 1.165) is 18.9 Å². The van der Waals surface area contributed by atoms with Crippen molar-refractivity contribution in [2.24, 2.45) is 16.9 Å². The largest absolute Gasteiger partial charge is 0.382 e. The van der Waals surface area contributed by atoms with Crippen molar-refractivity contribution in [2.45, 2.75) is 12.8 Å². The molecular weight excluding hydrogens is 221 g/mol. The van der Waals surface area contributed by atoms with E-state index in [1.165, 1.54) is 12.1 Å². The lowest BCUT2D eigenvalue weighted by atomic mass is 10.1. The molecular formula is C12H16FN3O. The van der Waals surface area contributed by atoms with Crippen LogP contribution < -0.4 is 16.8 Å². The SMILES string of the molecule is NCC1(CNc2ccc(C(N)=O)cc2F)CC1. The van der Waals surface area contributed by atoms with E-state index in [-0.39, 0.29) is 11.0 Å². The van der Waals surface area contributed by atoms with Gasteiger partial charge in [0.15, 0.2) is 0 Å². The molecule has 1 saturated carbocycles. The van der Waals surface area contributed by atoms with Crippen molar-refractivity contribution in [3.8, 4) is 0 Å². The maximum Gasteiger partial charge on any atom is 0.248 e. The molecule has 0 radical (unpaired) electrons. The third kappa shape index (κ3) is 2.55. The molecule has 1 fully saturated rings. The van der Waals surface area contributed by atoms with Gasteiger partial charge < -0.3 is 16.8 Å². The maximum absolute atomic E-state index is 13.6. The van der Waals surface area contributed by atoms with E-state index < -0.39 is 11.7 Å². The number of hydrogen-bond donors (Lipinski definition) is 3. The molecule has 4 nitrogen and oxygen atoms in total. The van der Waals surface area contributed by atoms with Crippen molar-refractivity contribution in [2.75, 3.05) is 18.4 Å². The fraction of sp³-hybridized carbons (Fsp3) is 0.417. The number of benzene rings is 1. The molecule has 1 aliphatic rings. The second-order valence-corrected chi connectivity index (χ2v) is 4.62. The van der Waals surface area contributed by atoms with Gasteiger partial charge in [0.05, 0.1) is 5.69 Å². The summed E-state index contributed by atoms with van der Waals surface area (Å²) in [5.41, 5.74) is 11.4. The molecule has 17 heavy (non-hydrogen) atoms. The average Bonchev–Trinajstić information content (AvgIpc) is 3.08. The van der Waals surface area contributed by atoms with Crippen molar-refractivity contribution in [1.29, 1.82) is 0 Å². The Morgan fingerprint density at radius 1 is 1.47 bits per heavy atom. The van der Waals surface area contributed by atoms with Gasteiger partial charge in [-0.2, -0.15) is 0 Å². The van der Waals surface area contributed by atoms with Crippen LogP contribution in [0.4, 0.5) is 10.1 Å². The quantitative estimate of drug-likeness (QED) is 0.716. The zero-order chi connectivity index (χ0) is 12.5. The minimum atomic E-state index is -0.629. The number of nitrogens with one attached hydrogen (secondary N) is 1. The fourth-order valence-corrected chi connectivity index (χ4v) is 1.72. The molecule has 0 spiro atoms. The summed E-state index contributed by atoms with van der Waals surface area (Å²) >= 11 is 0. The smallest absolute Gasteiger partial charge is 0.248 e. The topological polar surface area (TPSA) is 81.1 Å². The fourth-order valence-electron chi connectivity index (χ4n) is 1.72. The third-order valence-corrected chi connectivity index (χ3v) is 3.30. The number of amides is 1. The summed E-state index contributed by atoms with van der Waals surface area (Å²) in [7, 11) is 0. The second kappa shape index (κ2) is 4.33. The predicted molar refractivity (Wildman–Crippen MR) is 64.1 cm³/mol. The first-order valence-electron chi connectivity index (χ1n) is 5.60. The predicted octanol–water partition coefficient (Wildman–Crippen LogP) is 1.08. The monoisotopic (exact) mass is 237 g/mol. The van der Waals surface area contributed by atoms with E-state index in [1.807, 2.05) is 0 Å². The highest BCUT2D eigenvalue weighted by Gasteiger charge is 2.40. The number of hydrogen-bond acceptors (Lipinski definition) is 3. The van der Waals surface area contributed by atoms with Crippen LogP contribution >= 0.6 is 0 Å². The van der Waals surface area contributed by atoms with Crippen molar-refractivity contribution in [3.05, 3.63) is 29.6 Å². The van der Waals surface area contributed by atoms with Gasteiger partial charge in [-0.25, -0.2) is 4.39 Å². The number of nitrogens with two attached hydrogens (primary N) is 2. The third-order valence-electron chi connectivity index (χ3n) is 3.30. The molecule has 0 unspecified atom stereocenters. The standard InChI is InChI=1S/C12H16FN3O/c13-9-5-8(11(15)17)1-2-10(9)16-7-12(6-14)3-4-12/h1-2,5,16H,3-4,6-7,14H2,(H2,15,17). The molecule has 1 aliphatic carbocycles. The van der Waals surface area contributed by atoms with Crippen LogP contribution in [0.5, 0.6) is 0 Å². The highest BCUT2D eigenvalue weighted by molar-refractivity contribution is 5.93. The molecule has 1 aromatic rings. The maximum atomic E-state index is 13.6. The number of halogens is 1. The minimum Gasteiger partial charge on any atom is -0.382 e. The van der Waals surface area contributed by atoms with Gasteiger partial charge >= 0.3 is 0 Å². The van der Waals surface area contributed by atoms with E-state index >= 15 is 0 Å². The average molecular weight is 237 g/mol. The first-order chi connectivity index (χ1) is 8.06. The van der Waals surface area contributed by atoms with Gasteiger partial charge in [0.2, 0.25) is 5.91 Å². The Labute approximate surface area is 99.2 Å². The Morgan fingerprint density at radius 3 is 2.65 bits per heavy atom. The first-order valence-corrected chi connectivity index (χ1v) is 5.60. The van der Waals surface area contributed by atoms with Crippen molar-refractivity contribution >= 4 is 11.6 Å². The molecule has 2 rings (SSSR count). The number of rotatable bonds is 5. The number of carbonyl (C=O) groups is 1. The highest BCUT2D eigenvalue weighted by atomic mass is 19.1. The van der Waals surface area contributed by atoms with Crippen LogP contribution in [0.2, 0.25) is 0 Å². The van der Waals surface area contributed by atoms with Crippen molar-refractivity contribution in [1.82, 2.24) is 0 Å². The van der Waals surface area contributed by atoms with Gasteiger partial charge in [-0.3, -0.25) is 4.79 Å². The molecule has 0 saturated heterocycles. The lowest BCUT2D eigenvalue weighted by Gasteiger charge is -2.15. The van der Waals surface area contributed by atoms with Gasteiger partial charge in [0.1, 0.15) is 5.82 Å². The van der Waals surface area contributed by atoms with Crippen LogP contribution in [0.1, 0.15) is 23.2 Å². The van der Waals surface area contributed by atoms with Crippen LogP contribution in [0.25, 0.3) is 0 Å². The summed E-state index contributed by atoms with van der Waals surface area (Å²) < 4.78 is 13.6. The summed E-state index contributed by atoms with van der Waals surface area (Å²) in [6.45, 7) is 1.28. The lowest BCUT2D eigenvalue weighted by Crippen LogP contribution is -2.24. The van der Waals surface area contributed by atoms with Crippen molar-refractivity contribution < 1.29 is 9.18 Å². The van der Waals surface area contributed by atoms with E-state index in [4.69, 9.17) is 11.5 Å². The van der Waals surface area contributed by atoms with E-state index in [1.54, 1.807) is 0 Å². The molecule has 0 aromatic heterocycles. The summed E-state index contributed by atoms with van der Waals surface area (Å²) in [5, 5.41) is 3.03. The van der Waals surface area contributed by atoms with E-state index in [9.17, 15) is 9.18 Å². The molecule has 1 amide bonds. The zero-order valence-electron chi connectivity index (χ0n) is 9.50. The van der Waals surface area contributed by atoms with E-state index in [0.29, 0.717) is 18.8 Å². The molecule has 5 heteroatoms. The van der Waals surface area contributed by atoms with Gasteiger partial charge in [-0.05, 0) is 43.0 Å². The summed E-state index contributed by atoms with van der Waals surface area (Å²) in [5.74, 6) is -1.09. The Morgan fingerprint density at radius 2 is 2.18 bits per heavy atom. The summed E-state index contributed by atoms with van der Waals surface area (Å²) in [6.07, 6.45) is 2.16. The molecule has 0 atom stereocenters. The second-order valence-electron chi connectivity index (χ2n) is 4.62. The Kier molecular flexibility index (Phi) is 3.02. The lowest BCUT2D eigenvalue weighted by molar-refractivity contribution is 0.1000. The van der Waals surface area contributed by atoms with E-state index in [2.05, 4.69) is 5.32 Å². The van der Waals surface area contributed by atoms with Gasteiger partial charge in [-0.1, -0.05) is 0 Å². The first kappa shape index (κ1) is 11.9. The number of anilines is 1. The summed E-state index contributed by atoms with van der Waals surface area (Å²) in [6, 6.07) is 4.18. The van der Waals surface area contributed by atoms with Crippen LogP contribution in [0.3, 0.4) is 0 Å². The number of carbonyl (C=O) groups excluding carboxylic acids is 1. The van der Waals surface area contributed by atoms with Crippen LogP contribution in [0, 0.1) is 11.2 Å². The van der Waals surface area contributed by atoms with Crippen LogP contribution in [-0.4, -0.2) is 19.0 Å². The Bertz CT molecular complexity index is 443. The molecule has 1 aromatic carbocycles. The van der Waals surface area contributed by atoms with Gasteiger partial charge in [0, 0.05) is 12.1 Å². The Hall–Kier alpha value is -1.62. The zero-order valence-corrected chi connectivity index (χ0v) is 9.50. The highest BCUT2D eigenvalue weighted by Crippen LogP contribution is 2.44. The minimum absolute atomic E-state index is 0.134. The van der Waals surface area contributed by atoms with Crippen LogP contribution in [-0.2, 0) is 0 Å². The molecule has 0 bridgehead atoms. The molecule has 0 heterocycles. The molecule has 5 N–H and O–H groups in total. The summed E-state index contributed by atoms with van der Waals surface area (Å²) in [4.78, 5) is 10.9.